The van der Waals surface area contributed by atoms with Crippen molar-refractivity contribution in [2.24, 2.45) is 5.92 Å². The van der Waals surface area contributed by atoms with E-state index in [0.29, 0.717) is 5.92 Å². The molecule has 0 heterocycles. The first-order chi connectivity index (χ1) is 6.90. The van der Waals surface area contributed by atoms with E-state index in [1.165, 1.54) is 0 Å². The van der Waals surface area contributed by atoms with Crippen LogP contribution in [0.15, 0.2) is 0 Å². The molecular formula is C11H22F3N. The highest BCUT2D eigenvalue weighted by Crippen LogP contribution is 2.24. The topological polar surface area (TPSA) is 12.0 Å². The SMILES string of the molecule is CCCNC(CCC(F)(F)F)C(C)CC. The molecule has 0 fully saturated rings. The zero-order valence-electron chi connectivity index (χ0n) is 9.82. The predicted octanol–water partition coefficient (Wildman–Crippen LogP) is 3.74. The summed E-state index contributed by atoms with van der Waals surface area (Å²) in [6, 6.07) is -0.00317. The van der Waals surface area contributed by atoms with Crippen LogP contribution in [0.4, 0.5) is 13.2 Å². The lowest BCUT2D eigenvalue weighted by Gasteiger charge is -2.24. The van der Waals surface area contributed by atoms with Crippen LogP contribution < -0.4 is 5.32 Å². The molecule has 0 saturated heterocycles. The van der Waals surface area contributed by atoms with E-state index in [2.05, 4.69) is 5.32 Å². The molecule has 92 valence electrons. The van der Waals surface area contributed by atoms with Crippen molar-refractivity contribution in [3.8, 4) is 0 Å². The van der Waals surface area contributed by atoms with Gasteiger partial charge in [-0.1, -0.05) is 27.2 Å². The van der Waals surface area contributed by atoms with Gasteiger partial charge in [-0.05, 0) is 25.3 Å². The van der Waals surface area contributed by atoms with Crippen LogP contribution in [0.25, 0.3) is 0 Å². The van der Waals surface area contributed by atoms with Crippen molar-refractivity contribution in [2.45, 2.75) is 58.7 Å². The maximum absolute atomic E-state index is 12.1. The first-order valence-corrected chi connectivity index (χ1v) is 5.70. The van der Waals surface area contributed by atoms with Gasteiger partial charge in [-0.2, -0.15) is 13.2 Å². The summed E-state index contributed by atoms with van der Waals surface area (Å²) >= 11 is 0. The summed E-state index contributed by atoms with van der Waals surface area (Å²) < 4.78 is 36.2. The molecular weight excluding hydrogens is 203 g/mol. The van der Waals surface area contributed by atoms with E-state index in [1.54, 1.807) is 0 Å². The van der Waals surface area contributed by atoms with Gasteiger partial charge >= 0.3 is 6.18 Å². The fourth-order valence-corrected chi connectivity index (χ4v) is 1.52. The second kappa shape index (κ2) is 7.09. The Morgan fingerprint density at radius 1 is 1.20 bits per heavy atom. The zero-order chi connectivity index (χ0) is 11.9. The van der Waals surface area contributed by atoms with Gasteiger partial charge in [0.15, 0.2) is 0 Å². The minimum Gasteiger partial charge on any atom is -0.314 e. The lowest BCUT2D eigenvalue weighted by atomic mass is 9.95. The van der Waals surface area contributed by atoms with Crippen LogP contribution in [0.1, 0.15) is 46.5 Å². The minimum atomic E-state index is -4.03. The first kappa shape index (κ1) is 14.8. The molecule has 1 N–H and O–H groups in total. The van der Waals surface area contributed by atoms with Crippen molar-refractivity contribution in [2.75, 3.05) is 6.54 Å². The molecule has 0 aromatic carbocycles. The fourth-order valence-electron chi connectivity index (χ4n) is 1.52. The van der Waals surface area contributed by atoms with Crippen molar-refractivity contribution >= 4 is 0 Å². The molecule has 0 amide bonds. The van der Waals surface area contributed by atoms with Crippen molar-refractivity contribution in [3.63, 3.8) is 0 Å². The van der Waals surface area contributed by atoms with Crippen LogP contribution in [-0.2, 0) is 0 Å². The Labute approximate surface area is 90.4 Å². The van der Waals surface area contributed by atoms with E-state index < -0.39 is 12.6 Å². The highest BCUT2D eigenvalue weighted by Gasteiger charge is 2.29. The smallest absolute Gasteiger partial charge is 0.314 e. The van der Waals surface area contributed by atoms with Gasteiger partial charge in [0.2, 0.25) is 0 Å². The third kappa shape index (κ3) is 7.65. The number of hydrogen-bond donors (Lipinski definition) is 1. The summed E-state index contributed by atoms with van der Waals surface area (Å²) in [6.45, 7) is 6.83. The molecule has 0 aliphatic carbocycles. The van der Waals surface area contributed by atoms with Crippen molar-refractivity contribution in [1.29, 1.82) is 0 Å². The monoisotopic (exact) mass is 225 g/mol. The van der Waals surface area contributed by atoms with Crippen LogP contribution in [0.2, 0.25) is 0 Å². The van der Waals surface area contributed by atoms with Gasteiger partial charge in [0.05, 0.1) is 0 Å². The molecule has 2 unspecified atom stereocenters. The summed E-state index contributed by atoms with van der Waals surface area (Å²) in [6.07, 6.45) is -2.64. The Morgan fingerprint density at radius 2 is 1.80 bits per heavy atom. The molecule has 0 radical (unpaired) electrons. The second-order valence-corrected chi connectivity index (χ2v) is 4.10. The standard InChI is InChI=1S/C11H22F3N/c1-4-8-15-10(9(3)5-2)6-7-11(12,13)14/h9-10,15H,4-8H2,1-3H3. The molecule has 0 aliphatic heterocycles. The molecule has 0 aliphatic rings. The first-order valence-electron chi connectivity index (χ1n) is 5.70. The molecule has 0 aromatic rings. The van der Waals surface area contributed by atoms with Gasteiger partial charge in [0, 0.05) is 12.5 Å². The van der Waals surface area contributed by atoms with Gasteiger partial charge in [0.25, 0.3) is 0 Å². The third-order valence-corrected chi connectivity index (χ3v) is 2.73. The number of halogens is 3. The van der Waals surface area contributed by atoms with E-state index >= 15 is 0 Å². The Hall–Kier alpha value is -0.250. The van der Waals surface area contributed by atoms with Gasteiger partial charge in [-0.25, -0.2) is 0 Å². The van der Waals surface area contributed by atoms with Crippen LogP contribution >= 0.6 is 0 Å². The third-order valence-electron chi connectivity index (χ3n) is 2.73. The summed E-state index contributed by atoms with van der Waals surface area (Å²) in [7, 11) is 0. The minimum absolute atomic E-state index is 0.00317. The molecule has 0 rings (SSSR count). The lowest BCUT2D eigenvalue weighted by molar-refractivity contribution is -0.137. The normalized spacial score (nSPS) is 16.4. The van der Waals surface area contributed by atoms with Crippen molar-refractivity contribution < 1.29 is 13.2 Å². The van der Waals surface area contributed by atoms with E-state index in [9.17, 15) is 13.2 Å². The van der Waals surface area contributed by atoms with Gasteiger partial charge in [-0.15, -0.1) is 0 Å². The Balaban J connectivity index is 4.01. The summed E-state index contributed by atoms with van der Waals surface area (Å²) in [4.78, 5) is 0. The predicted molar refractivity (Wildman–Crippen MR) is 56.8 cm³/mol. The van der Waals surface area contributed by atoms with Gasteiger partial charge < -0.3 is 5.32 Å². The number of rotatable bonds is 7. The summed E-state index contributed by atoms with van der Waals surface area (Å²) in [5.74, 6) is 0.305. The van der Waals surface area contributed by atoms with Gasteiger partial charge in [0.1, 0.15) is 0 Å². The average molecular weight is 225 g/mol. The number of nitrogens with one attached hydrogen (secondary N) is 1. The molecule has 4 heteroatoms. The molecule has 2 atom stereocenters. The molecule has 0 aromatic heterocycles. The molecule has 0 spiro atoms. The maximum atomic E-state index is 12.1. The van der Waals surface area contributed by atoms with Crippen LogP contribution in [0.5, 0.6) is 0 Å². The second-order valence-electron chi connectivity index (χ2n) is 4.10. The largest absolute Gasteiger partial charge is 0.389 e. The van der Waals surface area contributed by atoms with Crippen molar-refractivity contribution in [1.82, 2.24) is 5.32 Å². The highest BCUT2D eigenvalue weighted by atomic mass is 19.4. The van der Waals surface area contributed by atoms with Crippen molar-refractivity contribution in [3.05, 3.63) is 0 Å². The quantitative estimate of drug-likeness (QED) is 0.696. The maximum Gasteiger partial charge on any atom is 0.389 e. The molecule has 15 heavy (non-hydrogen) atoms. The number of hydrogen-bond acceptors (Lipinski definition) is 1. The Bertz CT molecular complexity index is 156. The highest BCUT2D eigenvalue weighted by molar-refractivity contribution is 4.73. The van der Waals surface area contributed by atoms with Crippen LogP contribution in [-0.4, -0.2) is 18.8 Å². The van der Waals surface area contributed by atoms with E-state index in [1.807, 2.05) is 20.8 Å². The zero-order valence-corrected chi connectivity index (χ0v) is 9.82. The lowest BCUT2D eigenvalue weighted by Crippen LogP contribution is -2.36. The van der Waals surface area contributed by atoms with Gasteiger partial charge in [-0.3, -0.25) is 0 Å². The Morgan fingerprint density at radius 3 is 2.20 bits per heavy atom. The summed E-state index contributed by atoms with van der Waals surface area (Å²) in [5, 5.41) is 3.19. The van der Waals surface area contributed by atoms with E-state index in [0.717, 1.165) is 19.4 Å². The Kier molecular flexibility index (Phi) is 6.98. The van der Waals surface area contributed by atoms with Crippen LogP contribution in [0.3, 0.4) is 0 Å². The number of alkyl halides is 3. The average Bonchev–Trinajstić information content (AvgIpc) is 2.15. The summed E-state index contributed by atoms with van der Waals surface area (Å²) in [5.41, 5.74) is 0. The molecule has 1 nitrogen and oxygen atoms in total. The molecule has 0 saturated carbocycles. The van der Waals surface area contributed by atoms with Crippen LogP contribution in [0, 0.1) is 5.92 Å². The fraction of sp³-hybridized carbons (Fsp3) is 1.00. The van der Waals surface area contributed by atoms with E-state index in [4.69, 9.17) is 0 Å². The van der Waals surface area contributed by atoms with E-state index in [-0.39, 0.29) is 12.5 Å². The molecule has 0 bridgehead atoms.